The Balaban J connectivity index is 0.964. The van der Waals surface area contributed by atoms with Gasteiger partial charge < -0.3 is 24.5 Å². The van der Waals surface area contributed by atoms with Crippen LogP contribution < -0.4 is 0 Å². The predicted molar refractivity (Wildman–Crippen MR) is 185 cm³/mol. The zero-order chi connectivity index (χ0) is 38.3. The fourth-order valence-electron chi connectivity index (χ4n) is 10.0. The Bertz CT molecular complexity index is 1690. The van der Waals surface area contributed by atoms with Gasteiger partial charge in [0.2, 0.25) is 5.78 Å². The van der Waals surface area contributed by atoms with Gasteiger partial charge >= 0.3 is 11.9 Å². The van der Waals surface area contributed by atoms with E-state index >= 15 is 4.39 Å². The average molecular weight is 742 g/mol. The minimum absolute atomic E-state index is 0.0533. The number of aliphatic hydroxyl groups excluding tert-OH is 1. The molecule has 0 spiro atoms. The lowest BCUT2D eigenvalue weighted by Crippen LogP contribution is -2.69. The van der Waals surface area contributed by atoms with Crippen molar-refractivity contribution < 1.29 is 53.2 Å². The number of nitrogens with zero attached hydrogens (tertiary/aromatic N) is 3. The molecular weight excluding hydrogens is 693 g/mol. The Labute approximate surface area is 307 Å². The zero-order valence-electron chi connectivity index (χ0n) is 30.3. The molecule has 1 aromatic rings. The lowest BCUT2D eigenvalue weighted by molar-refractivity contribution is -0.763. The molecule has 8 atom stereocenters. The third-order valence-corrected chi connectivity index (χ3v) is 13.0. The summed E-state index contributed by atoms with van der Waals surface area (Å²) in [5, 5.41) is 33.2. The van der Waals surface area contributed by atoms with E-state index in [0.29, 0.717) is 68.7 Å². The van der Waals surface area contributed by atoms with Crippen molar-refractivity contribution in [3.8, 4) is 0 Å². The number of Topliss-reactive ketones (excluding diaryl/α,β-unsaturated/α-hetero) is 1. The Hall–Kier alpha value is -4.05. The van der Waals surface area contributed by atoms with E-state index in [0.717, 1.165) is 0 Å². The van der Waals surface area contributed by atoms with Crippen molar-refractivity contribution in [2.45, 2.75) is 70.4 Å². The molecule has 288 valence electrons. The Morgan fingerprint density at radius 2 is 1.74 bits per heavy atom. The zero-order valence-corrected chi connectivity index (χ0v) is 30.3. The molecule has 1 aromatic carbocycles. The summed E-state index contributed by atoms with van der Waals surface area (Å²) in [6.45, 7) is 7.22. The number of allylic oxidation sites excluding steroid dienone is 4. The second-order valence-electron chi connectivity index (χ2n) is 15.7. The van der Waals surface area contributed by atoms with E-state index in [9.17, 15) is 39.5 Å². The first-order chi connectivity index (χ1) is 25.0. The standard InChI is InChI=1S/C38H48FN3O11/c1-24-18-30-29-9-8-27-19-28(43)10-11-35(27,2)37(29,39)31(44)20-36(30,3)38(24,48)32(45)23-52-33(46)21-41-14-12-40(13-15-41)16-17-51-34(47)26-6-4-25(5-7-26)22-53-42(49)50/h4-7,10-11,19,24,29-31,44,48H,8-9,12-18,20-23H2,1-3H3/t24-,29?,30?,31+,35+,36+,37+,38+/m1/s1. The van der Waals surface area contributed by atoms with E-state index in [-0.39, 0.29) is 32.0 Å². The number of carbonyl (C=O) groups excluding carboxylic acids is 4. The SMILES string of the molecule is C[C@@H]1CC2C3CCC4=CC(=O)C=C[C@]4(C)[C@@]3(F)[C@@H](O)C[C@]2(C)[C@@]1(O)C(=O)COC(=O)CN1CCN(CCOC(=O)c2ccc(CO[N+](=O)[O-])cc2)CC1. The summed E-state index contributed by atoms with van der Waals surface area (Å²) >= 11 is 0. The molecule has 4 aliphatic carbocycles. The first-order valence-corrected chi connectivity index (χ1v) is 18.2. The summed E-state index contributed by atoms with van der Waals surface area (Å²) < 4.78 is 28.2. The van der Waals surface area contributed by atoms with Crippen LogP contribution in [0.5, 0.6) is 0 Å². The van der Waals surface area contributed by atoms with Crippen LogP contribution in [-0.4, -0.2) is 118 Å². The second-order valence-corrected chi connectivity index (χ2v) is 15.7. The first-order valence-electron chi connectivity index (χ1n) is 18.2. The highest BCUT2D eigenvalue weighted by molar-refractivity contribution is 6.01. The maximum absolute atomic E-state index is 17.4. The Morgan fingerprint density at radius 3 is 2.42 bits per heavy atom. The molecule has 1 aliphatic heterocycles. The molecule has 2 unspecified atom stereocenters. The van der Waals surface area contributed by atoms with Crippen LogP contribution in [0.25, 0.3) is 0 Å². The highest BCUT2D eigenvalue weighted by Crippen LogP contribution is 2.70. The van der Waals surface area contributed by atoms with Crippen LogP contribution >= 0.6 is 0 Å². The lowest BCUT2D eigenvalue weighted by atomic mass is 9.44. The van der Waals surface area contributed by atoms with Crippen LogP contribution in [0, 0.1) is 38.7 Å². The van der Waals surface area contributed by atoms with E-state index < -0.39 is 75.4 Å². The van der Waals surface area contributed by atoms with Gasteiger partial charge in [-0.2, -0.15) is 0 Å². The number of ketones is 2. The van der Waals surface area contributed by atoms with Crippen molar-refractivity contribution in [2.75, 3.05) is 52.5 Å². The summed E-state index contributed by atoms with van der Waals surface area (Å²) in [5.74, 6) is -3.64. The quantitative estimate of drug-likeness (QED) is 0.181. The van der Waals surface area contributed by atoms with Gasteiger partial charge in [0.15, 0.2) is 18.1 Å². The molecule has 6 rings (SSSR count). The predicted octanol–water partition coefficient (Wildman–Crippen LogP) is 2.63. The third-order valence-electron chi connectivity index (χ3n) is 13.0. The van der Waals surface area contributed by atoms with Crippen LogP contribution in [0.4, 0.5) is 4.39 Å². The highest BCUT2D eigenvalue weighted by atomic mass is 19.1. The van der Waals surface area contributed by atoms with Gasteiger partial charge in [0.25, 0.3) is 5.09 Å². The molecule has 14 nitrogen and oxygen atoms in total. The summed E-state index contributed by atoms with van der Waals surface area (Å²) in [5.41, 5.74) is -4.85. The number of fused-ring (bicyclic) bond motifs is 5. The van der Waals surface area contributed by atoms with Crippen molar-refractivity contribution in [2.24, 2.45) is 28.6 Å². The van der Waals surface area contributed by atoms with Crippen molar-refractivity contribution in [3.63, 3.8) is 0 Å². The number of piperazine rings is 1. The average Bonchev–Trinajstić information content (AvgIpc) is 3.32. The van der Waals surface area contributed by atoms with Gasteiger partial charge in [-0.3, -0.25) is 24.2 Å². The van der Waals surface area contributed by atoms with E-state index in [4.69, 9.17) is 9.47 Å². The number of rotatable bonds is 12. The van der Waals surface area contributed by atoms with Gasteiger partial charge in [-0.05, 0) is 74.3 Å². The topological polar surface area (TPSA) is 186 Å². The van der Waals surface area contributed by atoms with E-state index in [2.05, 4.69) is 9.74 Å². The van der Waals surface area contributed by atoms with Gasteiger partial charge in [-0.15, -0.1) is 10.1 Å². The largest absolute Gasteiger partial charge is 0.461 e. The van der Waals surface area contributed by atoms with Crippen LogP contribution in [0.3, 0.4) is 0 Å². The molecule has 0 amide bonds. The summed E-state index contributed by atoms with van der Waals surface area (Å²) in [6, 6.07) is 6.12. The van der Waals surface area contributed by atoms with E-state index in [1.807, 2.05) is 4.90 Å². The minimum atomic E-state index is -2.08. The fraction of sp³-hybridized carbons (Fsp3) is 0.632. The molecule has 15 heteroatoms. The maximum Gasteiger partial charge on any atom is 0.338 e. The third kappa shape index (κ3) is 6.81. The normalized spacial score (nSPS) is 35.4. The van der Waals surface area contributed by atoms with Crippen molar-refractivity contribution >= 4 is 23.5 Å². The van der Waals surface area contributed by atoms with Crippen LogP contribution in [-0.2, 0) is 35.3 Å². The Kier molecular flexibility index (Phi) is 10.7. The number of carbonyl (C=O) groups is 4. The molecule has 53 heavy (non-hydrogen) atoms. The van der Waals surface area contributed by atoms with Gasteiger partial charge in [0, 0.05) is 49.5 Å². The molecule has 0 radical (unpaired) electrons. The molecule has 4 fully saturated rings. The van der Waals surface area contributed by atoms with Gasteiger partial charge in [-0.1, -0.05) is 37.6 Å². The fourth-order valence-corrected chi connectivity index (χ4v) is 10.0. The van der Waals surface area contributed by atoms with Gasteiger partial charge in [0.05, 0.1) is 18.2 Å². The molecule has 5 aliphatic rings. The summed E-state index contributed by atoms with van der Waals surface area (Å²) in [6.07, 6.45) is 3.96. The summed E-state index contributed by atoms with van der Waals surface area (Å²) in [7, 11) is 0. The van der Waals surface area contributed by atoms with Gasteiger partial charge in [-0.25, -0.2) is 9.18 Å². The molecule has 2 N–H and O–H groups in total. The molecule has 0 bridgehead atoms. The second kappa shape index (κ2) is 14.6. The number of aliphatic hydroxyl groups is 2. The van der Waals surface area contributed by atoms with Crippen LogP contribution in [0.1, 0.15) is 62.4 Å². The van der Waals surface area contributed by atoms with Crippen LogP contribution in [0.15, 0.2) is 48.1 Å². The molecule has 1 heterocycles. The molecular formula is C38H48FN3O11. The van der Waals surface area contributed by atoms with Crippen LogP contribution in [0.2, 0.25) is 0 Å². The van der Waals surface area contributed by atoms with Gasteiger partial charge in [0.1, 0.15) is 18.8 Å². The highest BCUT2D eigenvalue weighted by Gasteiger charge is 2.75. The number of ether oxygens (including phenoxy) is 2. The molecule has 0 aromatic heterocycles. The molecule has 1 saturated heterocycles. The monoisotopic (exact) mass is 741 g/mol. The smallest absolute Gasteiger partial charge is 0.338 e. The minimum Gasteiger partial charge on any atom is -0.461 e. The van der Waals surface area contributed by atoms with E-state index in [1.165, 1.54) is 24.3 Å². The summed E-state index contributed by atoms with van der Waals surface area (Å²) in [4.78, 5) is 69.8. The number of halogens is 1. The van der Waals surface area contributed by atoms with E-state index in [1.54, 1.807) is 39.0 Å². The number of alkyl halides is 1. The van der Waals surface area contributed by atoms with Crippen molar-refractivity contribution in [1.29, 1.82) is 0 Å². The number of esters is 2. The number of benzene rings is 1. The lowest BCUT2D eigenvalue weighted by Gasteiger charge is -2.62. The number of hydrogen-bond acceptors (Lipinski definition) is 13. The first kappa shape index (κ1) is 38.7. The maximum atomic E-state index is 17.4. The van der Waals surface area contributed by atoms with Crippen molar-refractivity contribution in [1.82, 2.24) is 9.80 Å². The number of hydrogen-bond donors (Lipinski definition) is 2. The molecule has 3 saturated carbocycles. The van der Waals surface area contributed by atoms with Crippen molar-refractivity contribution in [3.05, 3.63) is 69.3 Å². The Morgan fingerprint density at radius 1 is 1.06 bits per heavy atom.